The standard InChI is InChI=1S/C19H18FNO6/c1-25-15-9-12(10-16-17(15)27-7-6-26-16)18(22)21-14(19(23)24)8-11-2-4-13(20)5-3-11/h2-5,9-10,14H,6-8H2,1H3,(H,21,22)(H,23,24)/t14-/m0/s1. The fraction of sp³-hybridized carbons (Fsp3) is 0.263. The monoisotopic (exact) mass is 375 g/mol. The second kappa shape index (κ2) is 7.94. The van der Waals surface area contributed by atoms with Gasteiger partial charge < -0.3 is 24.6 Å². The zero-order valence-electron chi connectivity index (χ0n) is 14.5. The highest BCUT2D eigenvalue weighted by atomic mass is 19.1. The molecule has 0 bridgehead atoms. The third-order valence-electron chi connectivity index (χ3n) is 4.05. The Hall–Kier alpha value is -3.29. The van der Waals surface area contributed by atoms with Crippen LogP contribution >= 0.6 is 0 Å². The first-order chi connectivity index (χ1) is 13.0. The van der Waals surface area contributed by atoms with E-state index in [1.807, 2.05) is 0 Å². The number of fused-ring (bicyclic) bond motifs is 1. The van der Waals surface area contributed by atoms with Crippen LogP contribution in [-0.4, -0.2) is 43.3 Å². The number of carbonyl (C=O) groups is 2. The number of hydrogen-bond donors (Lipinski definition) is 2. The number of halogens is 1. The summed E-state index contributed by atoms with van der Waals surface area (Å²) in [5, 5.41) is 11.9. The molecule has 3 rings (SSSR count). The molecule has 7 nitrogen and oxygen atoms in total. The van der Waals surface area contributed by atoms with Gasteiger partial charge in [0.05, 0.1) is 7.11 Å². The van der Waals surface area contributed by atoms with Crippen molar-refractivity contribution in [2.24, 2.45) is 0 Å². The van der Waals surface area contributed by atoms with E-state index in [0.29, 0.717) is 36.0 Å². The first kappa shape index (κ1) is 18.5. The molecule has 0 saturated carbocycles. The molecule has 0 radical (unpaired) electrons. The Balaban J connectivity index is 1.79. The van der Waals surface area contributed by atoms with Crippen molar-refractivity contribution in [3.8, 4) is 17.2 Å². The molecule has 0 aliphatic carbocycles. The Labute approximate surface area is 154 Å². The number of nitrogens with one attached hydrogen (secondary N) is 1. The van der Waals surface area contributed by atoms with Crippen molar-refractivity contribution < 1.29 is 33.3 Å². The topological polar surface area (TPSA) is 94.1 Å². The fourth-order valence-electron chi connectivity index (χ4n) is 2.70. The molecule has 1 heterocycles. The summed E-state index contributed by atoms with van der Waals surface area (Å²) in [5.41, 5.74) is 0.769. The summed E-state index contributed by atoms with van der Waals surface area (Å²) in [6, 6.07) is 7.18. The molecular formula is C19H18FNO6. The van der Waals surface area contributed by atoms with Gasteiger partial charge in [-0.3, -0.25) is 4.79 Å². The predicted octanol–water partition coefficient (Wildman–Crippen LogP) is 2.03. The number of carboxylic acids is 1. The zero-order valence-corrected chi connectivity index (χ0v) is 14.5. The van der Waals surface area contributed by atoms with E-state index in [-0.39, 0.29) is 12.0 Å². The largest absolute Gasteiger partial charge is 0.493 e. The summed E-state index contributed by atoms with van der Waals surface area (Å²) in [6.45, 7) is 0.706. The van der Waals surface area contributed by atoms with E-state index in [2.05, 4.69) is 5.32 Å². The third-order valence-corrected chi connectivity index (χ3v) is 4.05. The van der Waals surface area contributed by atoms with Crippen molar-refractivity contribution in [2.45, 2.75) is 12.5 Å². The number of carboxylic acid groups (broad SMARTS) is 1. The SMILES string of the molecule is COc1cc(C(=O)N[C@@H](Cc2ccc(F)cc2)C(=O)O)cc2c1OCCO2. The highest BCUT2D eigenvalue weighted by molar-refractivity contribution is 5.97. The van der Waals surface area contributed by atoms with Gasteiger partial charge in [0, 0.05) is 12.0 Å². The summed E-state index contributed by atoms with van der Waals surface area (Å²) in [7, 11) is 1.43. The molecule has 142 valence electrons. The quantitative estimate of drug-likeness (QED) is 0.802. The molecule has 2 N–H and O–H groups in total. The molecule has 1 aliphatic rings. The molecule has 0 aromatic heterocycles. The normalized spacial score (nSPS) is 13.6. The van der Waals surface area contributed by atoms with E-state index in [1.165, 1.54) is 43.5 Å². The number of methoxy groups -OCH3 is 1. The lowest BCUT2D eigenvalue weighted by Gasteiger charge is -2.22. The molecule has 1 aliphatic heterocycles. The molecule has 2 aromatic rings. The molecule has 27 heavy (non-hydrogen) atoms. The lowest BCUT2D eigenvalue weighted by Crippen LogP contribution is -2.42. The van der Waals surface area contributed by atoms with Crippen LogP contribution in [0.4, 0.5) is 4.39 Å². The molecule has 0 unspecified atom stereocenters. The maximum Gasteiger partial charge on any atom is 0.326 e. The summed E-state index contributed by atoms with van der Waals surface area (Å²) in [6.07, 6.45) is 0.0169. The van der Waals surface area contributed by atoms with E-state index >= 15 is 0 Å². The Morgan fingerprint density at radius 2 is 1.93 bits per heavy atom. The van der Waals surface area contributed by atoms with Crippen molar-refractivity contribution in [2.75, 3.05) is 20.3 Å². The minimum absolute atomic E-state index is 0.0169. The van der Waals surface area contributed by atoms with Crippen molar-refractivity contribution in [1.82, 2.24) is 5.32 Å². The number of benzene rings is 2. The van der Waals surface area contributed by atoms with Crippen molar-refractivity contribution in [1.29, 1.82) is 0 Å². The van der Waals surface area contributed by atoms with Gasteiger partial charge in [-0.05, 0) is 29.8 Å². The second-order valence-electron chi connectivity index (χ2n) is 5.90. The van der Waals surface area contributed by atoms with Gasteiger partial charge in [-0.1, -0.05) is 12.1 Å². The highest BCUT2D eigenvalue weighted by Crippen LogP contribution is 2.40. The molecule has 0 saturated heterocycles. The van der Waals surface area contributed by atoms with E-state index in [9.17, 15) is 19.1 Å². The number of hydrogen-bond acceptors (Lipinski definition) is 5. The lowest BCUT2D eigenvalue weighted by molar-refractivity contribution is -0.139. The van der Waals surface area contributed by atoms with Gasteiger partial charge in [-0.15, -0.1) is 0 Å². The highest BCUT2D eigenvalue weighted by Gasteiger charge is 2.25. The molecular weight excluding hydrogens is 357 g/mol. The van der Waals surface area contributed by atoms with Crippen LogP contribution in [0.25, 0.3) is 0 Å². The second-order valence-corrected chi connectivity index (χ2v) is 5.90. The average Bonchev–Trinajstić information content (AvgIpc) is 2.68. The minimum atomic E-state index is -1.20. The predicted molar refractivity (Wildman–Crippen MR) is 93.0 cm³/mol. The van der Waals surface area contributed by atoms with Crippen LogP contribution in [0.1, 0.15) is 15.9 Å². The van der Waals surface area contributed by atoms with Crippen LogP contribution < -0.4 is 19.5 Å². The molecule has 0 fully saturated rings. The molecule has 0 spiro atoms. The Kier molecular flexibility index (Phi) is 5.44. The van der Waals surface area contributed by atoms with E-state index in [1.54, 1.807) is 0 Å². The molecule has 1 atom stereocenters. The first-order valence-corrected chi connectivity index (χ1v) is 8.23. The van der Waals surface area contributed by atoms with Gasteiger partial charge >= 0.3 is 5.97 Å². The van der Waals surface area contributed by atoms with Gasteiger partial charge in [0.2, 0.25) is 5.75 Å². The summed E-state index contributed by atoms with van der Waals surface area (Å²) in [5.74, 6) is -1.13. The van der Waals surface area contributed by atoms with Crippen LogP contribution in [-0.2, 0) is 11.2 Å². The smallest absolute Gasteiger partial charge is 0.326 e. The van der Waals surface area contributed by atoms with Gasteiger partial charge in [-0.25, -0.2) is 9.18 Å². The summed E-state index contributed by atoms with van der Waals surface area (Å²) >= 11 is 0. The fourth-order valence-corrected chi connectivity index (χ4v) is 2.70. The van der Waals surface area contributed by atoms with Crippen molar-refractivity contribution >= 4 is 11.9 Å². The average molecular weight is 375 g/mol. The van der Waals surface area contributed by atoms with E-state index < -0.39 is 23.7 Å². The maximum atomic E-state index is 13.0. The Morgan fingerprint density at radius 1 is 1.22 bits per heavy atom. The van der Waals surface area contributed by atoms with Gasteiger partial charge in [0.15, 0.2) is 11.5 Å². The summed E-state index contributed by atoms with van der Waals surface area (Å²) < 4.78 is 29.2. The Bertz CT molecular complexity index is 835. The number of carbonyl (C=O) groups excluding carboxylic acids is 1. The van der Waals surface area contributed by atoms with Crippen LogP contribution in [0.5, 0.6) is 17.2 Å². The van der Waals surface area contributed by atoms with Gasteiger partial charge in [0.1, 0.15) is 25.1 Å². The number of aliphatic carboxylic acids is 1. The van der Waals surface area contributed by atoms with Gasteiger partial charge in [-0.2, -0.15) is 0 Å². The van der Waals surface area contributed by atoms with Crippen LogP contribution in [0.2, 0.25) is 0 Å². The van der Waals surface area contributed by atoms with Crippen molar-refractivity contribution in [3.63, 3.8) is 0 Å². The van der Waals surface area contributed by atoms with Crippen LogP contribution in [0.15, 0.2) is 36.4 Å². The lowest BCUT2D eigenvalue weighted by atomic mass is 10.0. The van der Waals surface area contributed by atoms with Gasteiger partial charge in [0.25, 0.3) is 5.91 Å². The first-order valence-electron chi connectivity index (χ1n) is 8.23. The number of amides is 1. The summed E-state index contributed by atoms with van der Waals surface area (Å²) in [4.78, 5) is 24.1. The number of rotatable bonds is 6. The Morgan fingerprint density at radius 3 is 2.59 bits per heavy atom. The molecule has 1 amide bonds. The van der Waals surface area contributed by atoms with Crippen LogP contribution in [0, 0.1) is 5.82 Å². The molecule has 2 aromatic carbocycles. The van der Waals surface area contributed by atoms with Crippen molar-refractivity contribution in [3.05, 3.63) is 53.3 Å². The minimum Gasteiger partial charge on any atom is -0.493 e. The van der Waals surface area contributed by atoms with E-state index in [4.69, 9.17) is 14.2 Å². The maximum absolute atomic E-state index is 13.0. The zero-order chi connectivity index (χ0) is 19.4. The van der Waals surface area contributed by atoms with E-state index in [0.717, 1.165) is 0 Å². The molecule has 8 heteroatoms. The van der Waals surface area contributed by atoms with Crippen LogP contribution in [0.3, 0.4) is 0 Å². The number of ether oxygens (including phenoxy) is 3. The third kappa shape index (κ3) is 4.28.